The molecular weight excluding hydrogens is 232 g/mol. The minimum atomic E-state index is -0.610. The number of aliphatic hydroxyl groups is 1. The van der Waals surface area contributed by atoms with Gasteiger partial charge in [0.2, 0.25) is 0 Å². The standard InChI is InChI=1S/C14H16O4/c1-16-13-6-2-3-7-14(13)18-10-11(15)9-12-5-4-8-17-12/h2-8,11,15H,9-10H2,1H3. The Kier molecular flexibility index (Phi) is 4.25. The highest BCUT2D eigenvalue weighted by Gasteiger charge is 2.10. The lowest BCUT2D eigenvalue weighted by atomic mass is 10.2. The van der Waals surface area contributed by atoms with Crippen LogP contribution >= 0.6 is 0 Å². The molecule has 0 saturated heterocycles. The first kappa shape index (κ1) is 12.5. The summed E-state index contributed by atoms with van der Waals surface area (Å²) in [6, 6.07) is 11.0. The van der Waals surface area contributed by atoms with Gasteiger partial charge in [0.05, 0.1) is 19.5 Å². The van der Waals surface area contributed by atoms with Crippen LogP contribution in [-0.4, -0.2) is 24.9 Å². The second-order valence-electron chi connectivity index (χ2n) is 3.90. The van der Waals surface area contributed by atoms with Crippen LogP contribution in [0.2, 0.25) is 0 Å². The van der Waals surface area contributed by atoms with Crippen LogP contribution in [0.5, 0.6) is 11.5 Å². The molecule has 1 aromatic heterocycles. The van der Waals surface area contributed by atoms with Crippen LogP contribution in [-0.2, 0) is 6.42 Å². The van der Waals surface area contributed by atoms with Crippen molar-refractivity contribution in [3.63, 3.8) is 0 Å². The smallest absolute Gasteiger partial charge is 0.161 e. The summed E-state index contributed by atoms with van der Waals surface area (Å²) in [4.78, 5) is 0. The number of rotatable bonds is 6. The number of aliphatic hydroxyl groups excluding tert-OH is 1. The zero-order valence-corrected chi connectivity index (χ0v) is 10.2. The van der Waals surface area contributed by atoms with Gasteiger partial charge in [-0.1, -0.05) is 12.1 Å². The van der Waals surface area contributed by atoms with Gasteiger partial charge in [0.25, 0.3) is 0 Å². The molecule has 96 valence electrons. The lowest BCUT2D eigenvalue weighted by Crippen LogP contribution is -2.20. The van der Waals surface area contributed by atoms with Crippen LogP contribution in [0.1, 0.15) is 5.76 Å². The van der Waals surface area contributed by atoms with E-state index in [9.17, 15) is 5.11 Å². The molecule has 0 bridgehead atoms. The average Bonchev–Trinajstić information content (AvgIpc) is 2.89. The predicted octanol–water partition coefficient (Wildman–Crippen LogP) is 2.27. The molecular formula is C14H16O4. The molecule has 1 heterocycles. The third-order valence-electron chi connectivity index (χ3n) is 2.52. The molecule has 4 heteroatoms. The first-order valence-electron chi connectivity index (χ1n) is 5.76. The van der Waals surface area contributed by atoms with E-state index in [0.717, 1.165) is 5.76 Å². The van der Waals surface area contributed by atoms with Crippen LogP contribution in [0, 0.1) is 0 Å². The summed E-state index contributed by atoms with van der Waals surface area (Å²) in [5.74, 6) is 2.02. The largest absolute Gasteiger partial charge is 0.493 e. The van der Waals surface area contributed by atoms with Crippen molar-refractivity contribution in [1.29, 1.82) is 0 Å². The van der Waals surface area contributed by atoms with Crippen LogP contribution in [0.15, 0.2) is 47.1 Å². The Labute approximate surface area is 106 Å². The Morgan fingerprint density at radius 1 is 1.17 bits per heavy atom. The first-order valence-corrected chi connectivity index (χ1v) is 5.76. The molecule has 2 rings (SSSR count). The maximum absolute atomic E-state index is 9.82. The molecule has 0 amide bonds. The number of furan rings is 1. The zero-order chi connectivity index (χ0) is 12.8. The average molecular weight is 248 g/mol. The lowest BCUT2D eigenvalue weighted by molar-refractivity contribution is 0.101. The second kappa shape index (κ2) is 6.12. The van der Waals surface area contributed by atoms with Crippen LogP contribution in [0.4, 0.5) is 0 Å². The molecule has 1 aromatic carbocycles. The van der Waals surface area contributed by atoms with Gasteiger partial charge in [-0.05, 0) is 24.3 Å². The summed E-state index contributed by atoms with van der Waals surface area (Å²) in [7, 11) is 1.58. The first-order chi connectivity index (χ1) is 8.79. The fraction of sp³-hybridized carbons (Fsp3) is 0.286. The van der Waals surface area contributed by atoms with Gasteiger partial charge in [-0.25, -0.2) is 0 Å². The summed E-state index contributed by atoms with van der Waals surface area (Å²) in [5, 5.41) is 9.82. The summed E-state index contributed by atoms with van der Waals surface area (Å²) in [6.07, 6.45) is 1.41. The molecule has 1 unspecified atom stereocenters. The van der Waals surface area contributed by atoms with E-state index < -0.39 is 6.10 Å². The summed E-state index contributed by atoms with van der Waals surface area (Å²) in [5.41, 5.74) is 0. The number of methoxy groups -OCH3 is 1. The normalized spacial score (nSPS) is 12.1. The van der Waals surface area contributed by atoms with E-state index in [1.165, 1.54) is 0 Å². The monoisotopic (exact) mass is 248 g/mol. The van der Waals surface area contributed by atoms with Crippen molar-refractivity contribution in [2.24, 2.45) is 0 Å². The molecule has 0 spiro atoms. The van der Waals surface area contributed by atoms with E-state index in [1.807, 2.05) is 24.3 Å². The molecule has 0 saturated carbocycles. The minimum Gasteiger partial charge on any atom is -0.493 e. The van der Waals surface area contributed by atoms with Gasteiger partial charge in [-0.2, -0.15) is 0 Å². The van der Waals surface area contributed by atoms with Gasteiger partial charge in [-0.3, -0.25) is 0 Å². The molecule has 0 aliphatic heterocycles. The summed E-state index contributed by atoms with van der Waals surface area (Å²) < 4.78 is 15.8. The van der Waals surface area contributed by atoms with Gasteiger partial charge in [0.1, 0.15) is 12.4 Å². The van der Waals surface area contributed by atoms with Gasteiger partial charge in [0.15, 0.2) is 11.5 Å². The molecule has 4 nitrogen and oxygen atoms in total. The van der Waals surface area contributed by atoms with Gasteiger partial charge in [-0.15, -0.1) is 0 Å². The predicted molar refractivity (Wildman–Crippen MR) is 66.9 cm³/mol. The van der Waals surface area contributed by atoms with E-state index in [1.54, 1.807) is 25.5 Å². The third-order valence-corrected chi connectivity index (χ3v) is 2.52. The van der Waals surface area contributed by atoms with Crippen molar-refractivity contribution >= 4 is 0 Å². The maximum atomic E-state index is 9.82. The summed E-state index contributed by atoms with van der Waals surface area (Å²) >= 11 is 0. The Bertz CT molecular complexity index is 464. The van der Waals surface area contributed by atoms with E-state index >= 15 is 0 Å². The van der Waals surface area contributed by atoms with Crippen molar-refractivity contribution in [2.75, 3.05) is 13.7 Å². The Balaban J connectivity index is 1.87. The highest BCUT2D eigenvalue weighted by atomic mass is 16.5. The zero-order valence-electron chi connectivity index (χ0n) is 10.2. The van der Waals surface area contributed by atoms with E-state index in [2.05, 4.69) is 0 Å². The van der Waals surface area contributed by atoms with Gasteiger partial charge < -0.3 is 19.0 Å². The van der Waals surface area contributed by atoms with Crippen molar-refractivity contribution in [3.8, 4) is 11.5 Å². The highest BCUT2D eigenvalue weighted by Crippen LogP contribution is 2.25. The number of hydrogen-bond acceptors (Lipinski definition) is 4. The molecule has 1 N–H and O–H groups in total. The van der Waals surface area contributed by atoms with Crippen LogP contribution in [0.3, 0.4) is 0 Å². The highest BCUT2D eigenvalue weighted by molar-refractivity contribution is 5.39. The Morgan fingerprint density at radius 2 is 1.94 bits per heavy atom. The number of ether oxygens (including phenoxy) is 2. The molecule has 0 fully saturated rings. The van der Waals surface area contributed by atoms with Gasteiger partial charge >= 0.3 is 0 Å². The number of benzene rings is 1. The van der Waals surface area contributed by atoms with Crippen molar-refractivity contribution < 1.29 is 19.0 Å². The molecule has 0 aliphatic carbocycles. The number of para-hydroxylation sites is 2. The molecule has 2 aromatic rings. The molecule has 1 atom stereocenters. The van der Waals surface area contributed by atoms with Crippen molar-refractivity contribution in [3.05, 3.63) is 48.4 Å². The Hall–Kier alpha value is -1.94. The van der Waals surface area contributed by atoms with Gasteiger partial charge in [0, 0.05) is 6.42 Å². The lowest BCUT2D eigenvalue weighted by Gasteiger charge is -2.13. The molecule has 0 radical (unpaired) electrons. The van der Waals surface area contributed by atoms with E-state index in [-0.39, 0.29) is 6.61 Å². The van der Waals surface area contributed by atoms with E-state index in [0.29, 0.717) is 17.9 Å². The fourth-order valence-corrected chi connectivity index (χ4v) is 1.64. The van der Waals surface area contributed by atoms with Crippen molar-refractivity contribution in [2.45, 2.75) is 12.5 Å². The second-order valence-corrected chi connectivity index (χ2v) is 3.90. The third kappa shape index (κ3) is 3.28. The van der Waals surface area contributed by atoms with Crippen LogP contribution < -0.4 is 9.47 Å². The SMILES string of the molecule is COc1ccccc1OCC(O)Cc1ccco1. The number of hydrogen-bond donors (Lipinski definition) is 1. The quantitative estimate of drug-likeness (QED) is 0.852. The van der Waals surface area contributed by atoms with Crippen LogP contribution in [0.25, 0.3) is 0 Å². The summed E-state index contributed by atoms with van der Waals surface area (Å²) in [6.45, 7) is 0.196. The fourth-order valence-electron chi connectivity index (χ4n) is 1.64. The molecule has 0 aliphatic rings. The van der Waals surface area contributed by atoms with E-state index in [4.69, 9.17) is 13.9 Å². The Morgan fingerprint density at radius 3 is 2.61 bits per heavy atom. The minimum absolute atomic E-state index is 0.196. The maximum Gasteiger partial charge on any atom is 0.161 e. The van der Waals surface area contributed by atoms with Crippen molar-refractivity contribution in [1.82, 2.24) is 0 Å². The topological polar surface area (TPSA) is 51.8 Å². The molecule has 18 heavy (non-hydrogen) atoms.